The fraction of sp³-hybridized carbons (Fsp3) is 0.375. The topological polar surface area (TPSA) is 76.8 Å². The van der Waals surface area contributed by atoms with Crippen LogP contribution >= 0.6 is 0 Å². The zero-order chi connectivity index (χ0) is 27.6. The first-order chi connectivity index (χ1) is 19.4. The summed E-state index contributed by atoms with van der Waals surface area (Å²) in [5.41, 5.74) is 4.54. The van der Waals surface area contributed by atoms with E-state index in [-0.39, 0.29) is 24.1 Å². The van der Waals surface area contributed by atoms with Crippen LogP contribution in [-0.4, -0.2) is 51.3 Å². The lowest BCUT2D eigenvalue weighted by Gasteiger charge is -2.33. The Morgan fingerprint density at radius 3 is 2.62 bits per heavy atom. The van der Waals surface area contributed by atoms with Gasteiger partial charge in [-0.3, -0.25) is 4.90 Å². The number of hydrogen-bond acceptors (Lipinski definition) is 5. The number of carbonyl (C=O) groups is 1. The van der Waals surface area contributed by atoms with E-state index in [1.165, 1.54) is 5.56 Å². The van der Waals surface area contributed by atoms with Gasteiger partial charge in [0, 0.05) is 12.2 Å². The van der Waals surface area contributed by atoms with Gasteiger partial charge >= 0.3 is 5.97 Å². The molecule has 0 saturated carbocycles. The number of rotatable bonds is 9. The zero-order valence-corrected chi connectivity index (χ0v) is 22.7. The first kappa shape index (κ1) is 26.5. The van der Waals surface area contributed by atoms with Crippen molar-refractivity contribution in [3.05, 3.63) is 94.6 Å². The Morgan fingerprint density at radius 2 is 1.90 bits per heavy atom. The number of ether oxygens (including phenoxy) is 2. The van der Waals surface area contributed by atoms with E-state index in [0.717, 1.165) is 67.1 Å². The Balaban J connectivity index is 1.14. The molecule has 2 aliphatic rings. The van der Waals surface area contributed by atoms with Crippen molar-refractivity contribution in [1.29, 1.82) is 0 Å². The molecular formula is C32H34FN3O4. The molecule has 4 aromatic rings. The number of piperidine rings is 1. The molecule has 0 bridgehead atoms. The minimum absolute atomic E-state index is 0.139. The fourth-order valence-electron chi connectivity index (χ4n) is 5.74. The van der Waals surface area contributed by atoms with Crippen molar-refractivity contribution in [2.45, 2.75) is 57.9 Å². The molecule has 6 rings (SSSR count). The number of aromatic nitrogens is 2. The third-order valence-electron chi connectivity index (χ3n) is 8.16. The molecule has 2 fully saturated rings. The normalized spacial score (nSPS) is 18.1. The first-order valence-electron chi connectivity index (χ1n) is 14.0. The lowest BCUT2D eigenvalue weighted by atomic mass is 9.89. The van der Waals surface area contributed by atoms with E-state index in [2.05, 4.69) is 15.5 Å². The van der Waals surface area contributed by atoms with Gasteiger partial charge in [-0.1, -0.05) is 30.3 Å². The highest BCUT2D eigenvalue weighted by Gasteiger charge is 2.26. The molecule has 208 valence electrons. The summed E-state index contributed by atoms with van der Waals surface area (Å²) < 4.78 is 28.3. The number of likely N-dealkylation sites (tertiary alicyclic amines) is 1. The van der Waals surface area contributed by atoms with E-state index in [1.807, 2.05) is 31.2 Å². The van der Waals surface area contributed by atoms with Crippen LogP contribution in [0.1, 0.15) is 58.1 Å². The number of para-hydroxylation sites is 1. The third kappa shape index (κ3) is 5.60. The maximum absolute atomic E-state index is 14.3. The van der Waals surface area contributed by atoms with Gasteiger partial charge in [0.05, 0.1) is 35.8 Å². The molecule has 2 aliphatic heterocycles. The van der Waals surface area contributed by atoms with E-state index in [1.54, 1.807) is 30.3 Å². The molecule has 0 radical (unpaired) electrons. The molecule has 1 aromatic heterocycles. The molecule has 7 nitrogen and oxygen atoms in total. The monoisotopic (exact) mass is 543 g/mol. The van der Waals surface area contributed by atoms with Crippen molar-refractivity contribution >= 4 is 17.0 Å². The van der Waals surface area contributed by atoms with Gasteiger partial charge in [0.25, 0.3) is 0 Å². The Bertz CT molecular complexity index is 1520. The predicted octanol–water partition coefficient (Wildman–Crippen LogP) is 5.93. The minimum atomic E-state index is -0.938. The predicted molar refractivity (Wildman–Crippen MR) is 150 cm³/mol. The number of aromatic carboxylic acids is 1. The molecule has 0 unspecified atom stereocenters. The minimum Gasteiger partial charge on any atom is -0.489 e. The molecule has 0 aliphatic carbocycles. The SMILES string of the molecule is Cc1ccc(COc2ccccc2C2CCN(Cc3nc4ccc(C(=O)O)cc4n3C[C@@H]3CCO3)CC2)c(F)c1. The van der Waals surface area contributed by atoms with Crippen LogP contribution in [0.4, 0.5) is 4.39 Å². The second-order valence-corrected chi connectivity index (χ2v) is 10.9. The van der Waals surface area contributed by atoms with Crippen LogP contribution < -0.4 is 4.74 Å². The second-order valence-electron chi connectivity index (χ2n) is 10.9. The van der Waals surface area contributed by atoms with Crippen LogP contribution in [0.5, 0.6) is 5.75 Å². The van der Waals surface area contributed by atoms with Crippen molar-refractivity contribution in [3.63, 3.8) is 0 Å². The molecule has 1 atom stereocenters. The van der Waals surface area contributed by atoms with Crippen LogP contribution in [0.3, 0.4) is 0 Å². The van der Waals surface area contributed by atoms with Gasteiger partial charge in [-0.15, -0.1) is 0 Å². The smallest absolute Gasteiger partial charge is 0.335 e. The summed E-state index contributed by atoms with van der Waals surface area (Å²) in [7, 11) is 0. The van der Waals surface area contributed by atoms with Crippen LogP contribution in [0.25, 0.3) is 11.0 Å². The molecule has 0 amide bonds. The van der Waals surface area contributed by atoms with Gasteiger partial charge < -0.3 is 19.1 Å². The van der Waals surface area contributed by atoms with Crippen molar-refractivity contribution in [3.8, 4) is 5.75 Å². The number of benzene rings is 3. The molecule has 3 heterocycles. The number of hydrogen-bond donors (Lipinski definition) is 1. The Morgan fingerprint density at radius 1 is 1.10 bits per heavy atom. The highest BCUT2D eigenvalue weighted by molar-refractivity contribution is 5.92. The number of imidazole rings is 1. The van der Waals surface area contributed by atoms with E-state index < -0.39 is 5.97 Å². The second kappa shape index (κ2) is 11.4. The first-order valence-corrected chi connectivity index (χ1v) is 14.0. The van der Waals surface area contributed by atoms with E-state index in [4.69, 9.17) is 14.5 Å². The number of halogens is 1. The highest BCUT2D eigenvalue weighted by Crippen LogP contribution is 2.35. The average Bonchev–Trinajstić information content (AvgIpc) is 3.26. The molecular weight excluding hydrogens is 509 g/mol. The van der Waals surface area contributed by atoms with Gasteiger partial charge in [-0.05, 0) is 86.7 Å². The van der Waals surface area contributed by atoms with Crippen molar-refractivity contribution < 1.29 is 23.8 Å². The standard InChI is InChI=1S/C32H34FN3O4/c1-21-6-7-24(27(33)16-21)20-40-30-5-3-2-4-26(30)22-10-13-35(14-11-22)19-31-34-28-9-8-23(32(37)38)17-29(28)36(31)18-25-12-15-39-25/h2-9,16-17,22,25H,10-15,18-20H2,1H3,(H,37,38)/t25-/m0/s1. The molecule has 1 N–H and O–H groups in total. The van der Waals surface area contributed by atoms with Crippen LogP contribution in [-0.2, 0) is 24.4 Å². The number of carboxylic acid groups (broad SMARTS) is 1. The molecule has 40 heavy (non-hydrogen) atoms. The maximum atomic E-state index is 14.3. The molecule has 8 heteroatoms. The van der Waals surface area contributed by atoms with Gasteiger partial charge in [-0.2, -0.15) is 0 Å². The highest BCUT2D eigenvalue weighted by atomic mass is 19.1. The summed E-state index contributed by atoms with van der Waals surface area (Å²) in [6, 6.07) is 18.5. The van der Waals surface area contributed by atoms with Crippen LogP contribution in [0, 0.1) is 12.7 Å². The number of carboxylic acids is 1. The summed E-state index contributed by atoms with van der Waals surface area (Å²) in [6.45, 7) is 6.05. The van der Waals surface area contributed by atoms with Crippen molar-refractivity contribution in [2.75, 3.05) is 19.7 Å². The van der Waals surface area contributed by atoms with Crippen molar-refractivity contribution in [1.82, 2.24) is 14.5 Å². The Hall–Kier alpha value is -3.75. The molecule has 3 aromatic carbocycles. The number of fused-ring (bicyclic) bond motifs is 1. The van der Waals surface area contributed by atoms with Crippen LogP contribution in [0.2, 0.25) is 0 Å². The lowest BCUT2D eigenvalue weighted by molar-refractivity contribution is -0.0592. The van der Waals surface area contributed by atoms with Gasteiger partial charge in [0.1, 0.15) is 24.0 Å². The fourth-order valence-corrected chi connectivity index (χ4v) is 5.74. The largest absolute Gasteiger partial charge is 0.489 e. The van der Waals surface area contributed by atoms with Gasteiger partial charge in [-0.25, -0.2) is 14.2 Å². The molecule has 2 saturated heterocycles. The van der Waals surface area contributed by atoms with Crippen LogP contribution in [0.15, 0.2) is 60.7 Å². The Labute approximate surface area is 233 Å². The van der Waals surface area contributed by atoms with Crippen molar-refractivity contribution in [2.24, 2.45) is 0 Å². The van der Waals surface area contributed by atoms with E-state index >= 15 is 0 Å². The number of aryl methyl sites for hydroxylation is 1. The van der Waals surface area contributed by atoms with Gasteiger partial charge in [0.15, 0.2) is 0 Å². The summed E-state index contributed by atoms with van der Waals surface area (Å²) >= 11 is 0. The summed E-state index contributed by atoms with van der Waals surface area (Å²) in [4.78, 5) is 18.9. The zero-order valence-electron chi connectivity index (χ0n) is 22.7. The maximum Gasteiger partial charge on any atom is 0.335 e. The summed E-state index contributed by atoms with van der Waals surface area (Å²) in [5.74, 6) is 0.940. The van der Waals surface area contributed by atoms with E-state index in [0.29, 0.717) is 24.6 Å². The summed E-state index contributed by atoms with van der Waals surface area (Å²) in [6.07, 6.45) is 3.10. The average molecular weight is 544 g/mol. The van der Waals surface area contributed by atoms with E-state index in [9.17, 15) is 14.3 Å². The number of nitrogens with zero attached hydrogens (tertiary/aromatic N) is 3. The Kier molecular flexibility index (Phi) is 7.54. The third-order valence-corrected chi connectivity index (χ3v) is 8.16. The molecule has 0 spiro atoms. The summed E-state index contributed by atoms with van der Waals surface area (Å²) in [5, 5.41) is 9.51. The quantitative estimate of drug-likeness (QED) is 0.282. The lowest BCUT2D eigenvalue weighted by Crippen LogP contribution is -2.35. The van der Waals surface area contributed by atoms with Gasteiger partial charge in [0.2, 0.25) is 0 Å².